The molecule has 0 bridgehead atoms. The summed E-state index contributed by atoms with van der Waals surface area (Å²) >= 11 is 0. The minimum atomic E-state index is -0.433. The number of hydrogen-bond acceptors (Lipinski definition) is 4. The molecule has 1 saturated heterocycles. The zero-order valence-electron chi connectivity index (χ0n) is 16.6. The molecule has 1 saturated carbocycles. The molecule has 0 aromatic heterocycles. The lowest BCUT2D eigenvalue weighted by Gasteiger charge is -2.30. The van der Waals surface area contributed by atoms with Crippen LogP contribution in [0.1, 0.15) is 31.7 Å². The first-order valence-corrected chi connectivity index (χ1v) is 10.0. The quantitative estimate of drug-likeness (QED) is 0.395. The number of rotatable bonds is 6. The maximum absolute atomic E-state index is 13.7. The Bertz CT molecular complexity index is 739. The number of nitrogens with two attached hydrogens (primary N) is 1. The molecule has 2 unspecified atom stereocenters. The lowest BCUT2D eigenvalue weighted by Crippen LogP contribution is -2.89. The van der Waals surface area contributed by atoms with E-state index in [1.807, 2.05) is 4.90 Å². The Hall–Kier alpha value is -2.41. The van der Waals surface area contributed by atoms with E-state index in [-0.39, 0.29) is 11.9 Å². The highest BCUT2D eigenvalue weighted by atomic mass is 19.1. The van der Waals surface area contributed by atoms with E-state index in [4.69, 9.17) is 10.1 Å². The first kappa shape index (κ1) is 20.3. The largest absolute Gasteiger partial charge is 0.483 e. The molecule has 0 radical (unpaired) electrons. The Morgan fingerprint density at radius 1 is 1.32 bits per heavy atom. The van der Waals surface area contributed by atoms with Gasteiger partial charge in [-0.05, 0) is 55.9 Å². The van der Waals surface area contributed by atoms with Gasteiger partial charge in [-0.15, -0.1) is 0 Å². The molecular weight excluding hydrogens is 359 g/mol. The molecule has 6 nitrogen and oxygen atoms in total. The molecule has 7 heteroatoms. The summed E-state index contributed by atoms with van der Waals surface area (Å²) in [7, 11) is 0. The van der Waals surface area contributed by atoms with Gasteiger partial charge in [-0.3, -0.25) is 4.79 Å². The molecule has 1 aliphatic heterocycles. The molecular formula is C21H30FN4O2+. The molecule has 0 spiro atoms. The number of nitrogens with zero attached hydrogens (tertiary/aromatic N) is 1. The van der Waals surface area contributed by atoms with Crippen molar-refractivity contribution < 1.29 is 19.2 Å². The van der Waals surface area contributed by atoms with Crippen LogP contribution in [0, 0.1) is 24.1 Å². The highest BCUT2D eigenvalue weighted by Crippen LogP contribution is 2.30. The van der Waals surface area contributed by atoms with Crippen molar-refractivity contribution >= 4 is 17.8 Å². The highest BCUT2D eigenvalue weighted by Gasteiger charge is 2.29. The number of amides is 1. The van der Waals surface area contributed by atoms with Crippen LogP contribution in [0.2, 0.25) is 0 Å². The molecule has 1 aliphatic carbocycles. The van der Waals surface area contributed by atoms with E-state index in [9.17, 15) is 9.18 Å². The van der Waals surface area contributed by atoms with Gasteiger partial charge in [-0.2, -0.15) is 0 Å². The normalized spacial score (nSPS) is 23.2. The van der Waals surface area contributed by atoms with Crippen LogP contribution >= 0.6 is 0 Å². The van der Waals surface area contributed by atoms with Gasteiger partial charge in [0.2, 0.25) is 5.76 Å². The summed E-state index contributed by atoms with van der Waals surface area (Å²) < 4.78 is 19.9. The van der Waals surface area contributed by atoms with Crippen molar-refractivity contribution in [1.29, 1.82) is 5.41 Å². The third-order valence-electron chi connectivity index (χ3n) is 5.35. The number of quaternary nitrogens is 1. The number of carbonyl (C=O) groups is 1. The van der Waals surface area contributed by atoms with Crippen LogP contribution in [0.5, 0.6) is 0 Å². The first-order chi connectivity index (χ1) is 13.5. The second-order valence-electron chi connectivity index (χ2n) is 7.84. The fraction of sp³-hybridized carbons (Fsp3) is 0.524. The topological polar surface area (TPSA) is 82.0 Å². The van der Waals surface area contributed by atoms with Gasteiger partial charge in [-0.25, -0.2) is 4.39 Å². The highest BCUT2D eigenvalue weighted by molar-refractivity contribution is 6.05. The predicted molar refractivity (Wildman–Crippen MR) is 107 cm³/mol. The van der Waals surface area contributed by atoms with Crippen LogP contribution in [-0.4, -0.2) is 49.3 Å². The summed E-state index contributed by atoms with van der Waals surface area (Å²) in [6.07, 6.45) is 4.04. The maximum atomic E-state index is 13.7. The number of anilines is 1. The number of aryl methyl sites for hydroxylation is 1. The number of carbonyl (C=O) groups excluding carboxylic acids is 1. The summed E-state index contributed by atoms with van der Waals surface area (Å²) in [5.41, 5.74) is 1.61. The van der Waals surface area contributed by atoms with Gasteiger partial charge < -0.3 is 25.7 Å². The zero-order chi connectivity index (χ0) is 20.1. The van der Waals surface area contributed by atoms with E-state index in [1.165, 1.54) is 18.3 Å². The Morgan fingerprint density at radius 3 is 2.68 bits per heavy atom. The summed E-state index contributed by atoms with van der Waals surface area (Å²) in [6, 6.07) is 4.42. The van der Waals surface area contributed by atoms with E-state index >= 15 is 0 Å². The van der Waals surface area contributed by atoms with Crippen molar-refractivity contribution in [2.75, 3.05) is 31.5 Å². The standard InChI is InChI=1S/C21H29FN4O2/c1-14-3-4-18(11-14)28-20(19(13-23)26-7-5-24-6-8-26)21(27)25-17-10-15(2)9-16(22)12-17/h9-10,12-14,18,23-24H,3-8,11H2,1-2H3,(H,25,27)/p+1/b20-19-,23-13?. The van der Waals surface area contributed by atoms with Gasteiger partial charge in [0.05, 0.1) is 32.3 Å². The molecule has 1 aromatic carbocycles. The van der Waals surface area contributed by atoms with Gasteiger partial charge in [0, 0.05) is 11.9 Å². The summed E-state index contributed by atoms with van der Waals surface area (Å²) in [5, 5.41) is 12.9. The van der Waals surface area contributed by atoms with E-state index < -0.39 is 11.7 Å². The Morgan fingerprint density at radius 2 is 2.07 bits per heavy atom. The minimum Gasteiger partial charge on any atom is -0.483 e. The van der Waals surface area contributed by atoms with Gasteiger partial charge in [0.1, 0.15) is 11.5 Å². The smallest absolute Gasteiger partial charge is 0.293 e. The Balaban J connectivity index is 1.88. The average Bonchev–Trinajstić information content (AvgIpc) is 3.06. The van der Waals surface area contributed by atoms with Crippen LogP contribution in [0.15, 0.2) is 29.7 Å². The van der Waals surface area contributed by atoms with E-state index in [0.29, 0.717) is 17.3 Å². The second kappa shape index (κ2) is 9.19. The van der Waals surface area contributed by atoms with E-state index in [2.05, 4.69) is 17.6 Å². The van der Waals surface area contributed by atoms with Gasteiger partial charge in [-0.1, -0.05) is 6.92 Å². The third-order valence-corrected chi connectivity index (χ3v) is 5.35. The van der Waals surface area contributed by atoms with E-state index in [1.54, 1.807) is 13.0 Å². The number of halogens is 1. The van der Waals surface area contributed by atoms with Crippen molar-refractivity contribution in [2.45, 2.75) is 39.2 Å². The summed E-state index contributed by atoms with van der Waals surface area (Å²) in [6.45, 7) is 7.29. The average molecular weight is 389 g/mol. The number of nitrogens with one attached hydrogen (secondary N) is 2. The summed E-state index contributed by atoms with van der Waals surface area (Å²) in [5.74, 6) is -0.103. The number of hydrogen-bond donors (Lipinski definition) is 3. The van der Waals surface area contributed by atoms with Crippen molar-refractivity contribution in [2.24, 2.45) is 5.92 Å². The number of piperazine rings is 1. The van der Waals surface area contributed by atoms with Crippen LogP contribution in [-0.2, 0) is 9.53 Å². The van der Waals surface area contributed by atoms with Gasteiger partial charge in [0.15, 0.2) is 0 Å². The number of benzene rings is 1. The predicted octanol–water partition coefficient (Wildman–Crippen LogP) is 2.02. The molecule has 28 heavy (non-hydrogen) atoms. The number of ether oxygens (including phenoxy) is 1. The lowest BCUT2D eigenvalue weighted by molar-refractivity contribution is -0.662. The molecule has 4 N–H and O–H groups in total. The number of allylic oxidation sites excluding steroid dienone is 1. The second-order valence-corrected chi connectivity index (χ2v) is 7.84. The SMILES string of the molecule is Cc1cc(F)cc(NC(=O)/C(OC2CCC(C)C2)=C(\C=N)N2CC[NH2+]CC2)c1. The molecule has 152 valence electrons. The fourth-order valence-electron chi connectivity index (χ4n) is 3.95. The molecule has 2 aliphatic rings. The molecule has 3 rings (SSSR count). The summed E-state index contributed by atoms with van der Waals surface area (Å²) in [4.78, 5) is 15.1. The minimum absolute atomic E-state index is 0.0312. The third kappa shape index (κ3) is 5.10. The van der Waals surface area contributed by atoms with Gasteiger partial charge in [0.25, 0.3) is 5.91 Å². The fourth-order valence-corrected chi connectivity index (χ4v) is 3.95. The Kier molecular flexibility index (Phi) is 6.67. The van der Waals surface area contributed by atoms with Gasteiger partial charge >= 0.3 is 0 Å². The Labute approximate surface area is 165 Å². The van der Waals surface area contributed by atoms with Crippen LogP contribution in [0.3, 0.4) is 0 Å². The zero-order valence-corrected chi connectivity index (χ0v) is 16.6. The van der Waals surface area contributed by atoms with Crippen LogP contribution in [0.25, 0.3) is 0 Å². The molecule has 2 atom stereocenters. The molecule has 1 amide bonds. The van der Waals surface area contributed by atoms with Crippen molar-refractivity contribution in [3.8, 4) is 0 Å². The van der Waals surface area contributed by atoms with Crippen LogP contribution < -0.4 is 10.6 Å². The molecule has 1 heterocycles. The van der Waals surface area contributed by atoms with Crippen molar-refractivity contribution in [3.05, 3.63) is 41.0 Å². The van der Waals surface area contributed by atoms with Crippen LogP contribution in [0.4, 0.5) is 10.1 Å². The lowest BCUT2D eigenvalue weighted by atomic mass is 10.1. The van der Waals surface area contributed by atoms with Crippen molar-refractivity contribution in [3.63, 3.8) is 0 Å². The monoisotopic (exact) mass is 389 g/mol. The maximum Gasteiger partial charge on any atom is 0.293 e. The first-order valence-electron chi connectivity index (χ1n) is 10.0. The van der Waals surface area contributed by atoms with Crippen molar-refractivity contribution in [1.82, 2.24) is 4.90 Å². The van der Waals surface area contributed by atoms with E-state index in [0.717, 1.165) is 51.0 Å². The molecule has 1 aromatic rings. The molecule has 2 fully saturated rings.